The molecule has 1 saturated carbocycles. The first-order chi connectivity index (χ1) is 10.6. The number of hydrogen-bond acceptors (Lipinski definition) is 3. The standard InChI is InChI=1S/C18H25NO3/c1-19(15-7-4-8-16(22-2)17(15)20)18(21)14-10-9-12-5-3-6-13(12)11-14/h9-11,15-17,20H,3-8H2,1-2H3/t15-,16-,17-/m1/s1. The van der Waals surface area contributed by atoms with E-state index in [-0.39, 0.29) is 18.1 Å². The average Bonchev–Trinajstić information content (AvgIpc) is 3.01. The maximum Gasteiger partial charge on any atom is 0.253 e. The Labute approximate surface area is 132 Å². The van der Waals surface area contributed by atoms with Crippen LogP contribution in [0.25, 0.3) is 0 Å². The van der Waals surface area contributed by atoms with Crippen LogP contribution in [0, 0.1) is 0 Å². The van der Waals surface area contributed by atoms with Crippen molar-refractivity contribution in [1.82, 2.24) is 4.90 Å². The third-order valence-corrected chi connectivity index (χ3v) is 5.23. The zero-order chi connectivity index (χ0) is 15.7. The first kappa shape index (κ1) is 15.5. The molecule has 120 valence electrons. The van der Waals surface area contributed by atoms with Gasteiger partial charge in [-0.05, 0) is 61.8 Å². The first-order valence-corrected chi connectivity index (χ1v) is 8.21. The Balaban J connectivity index is 1.76. The van der Waals surface area contributed by atoms with E-state index in [2.05, 4.69) is 6.07 Å². The van der Waals surface area contributed by atoms with Crippen molar-refractivity contribution in [3.8, 4) is 0 Å². The van der Waals surface area contributed by atoms with Crippen molar-refractivity contribution in [1.29, 1.82) is 0 Å². The molecule has 3 atom stereocenters. The molecule has 0 unspecified atom stereocenters. The molecule has 1 aromatic rings. The van der Waals surface area contributed by atoms with Gasteiger partial charge in [0.2, 0.25) is 0 Å². The summed E-state index contributed by atoms with van der Waals surface area (Å²) in [6.07, 6.45) is 5.25. The van der Waals surface area contributed by atoms with Gasteiger partial charge in [0.15, 0.2) is 0 Å². The van der Waals surface area contributed by atoms with Gasteiger partial charge < -0.3 is 14.7 Å². The first-order valence-electron chi connectivity index (χ1n) is 8.21. The summed E-state index contributed by atoms with van der Waals surface area (Å²) >= 11 is 0. The number of aliphatic hydroxyl groups excluding tert-OH is 1. The lowest BCUT2D eigenvalue weighted by Gasteiger charge is -2.39. The normalized spacial score (nSPS) is 27.5. The second-order valence-corrected chi connectivity index (χ2v) is 6.52. The molecule has 0 spiro atoms. The molecular formula is C18H25NO3. The second kappa shape index (κ2) is 6.39. The molecule has 1 N–H and O–H groups in total. The van der Waals surface area contributed by atoms with Crippen LogP contribution >= 0.6 is 0 Å². The van der Waals surface area contributed by atoms with E-state index in [0.29, 0.717) is 0 Å². The van der Waals surface area contributed by atoms with E-state index in [0.717, 1.165) is 37.7 Å². The number of amides is 1. The van der Waals surface area contributed by atoms with Crippen molar-refractivity contribution in [2.75, 3.05) is 14.2 Å². The molecule has 1 fully saturated rings. The van der Waals surface area contributed by atoms with Gasteiger partial charge >= 0.3 is 0 Å². The SMILES string of the molecule is CO[C@@H]1CCC[C@@H](N(C)C(=O)c2ccc3c(c2)CCC3)[C@H]1O. The fourth-order valence-corrected chi connectivity index (χ4v) is 3.86. The molecular weight excluding hydrogens is 278 g/mol. The number of hydrogen-bond donors (Lipinski definition) is 1. The fourth-order valence-electron chi connectivity index (χ4n) is 3.86. The molecule has 22 heavy (non-hydrogen) atoms. The van der Waals surface area contributed by atoms with Crippen molar-refractivity contribution < 1.29 is 14.6 Å². The van der Waals surface area contributed by atoms with Crippen molar-refractivity contribution in [3.63, 3.8) is 0 Å². The molecule has 2 aliphatic rings. The van der Waals surface area contributed by atoms with Crippen molar-refractivity contribution in [2.45, 2.75) is 56.8 Å². The van der Waals surface area contributed by atoms with Gasteiger partial charge in [-0.25, -0.2) is 0 Å². The number of benzene rings is 1. The molecule has 0 heterocycles. The van der Waals surface area contributed by atoms with Crippen molar-refractivity contribution >= 4 is 5.91 Å². The number of likely N-dealkylation sites (N-methyl/N-ethyl adjacent to an activating group) is 1. The number of carbonyl (C=O) groups is 1. The summed E-state index contributed by atoms with van der Waals surface area (Å²) in [5, 5.41) is 10.4. The van der Waals surface area contributed by atoms with Crippen LogP contribution in [0.2, 0.25) is 0 Å². The lowest BCUT2D eigenvalue weighted by Crippen LogP contribution is -2.52. The number of carbonyl (C=O) groups excluding carboxylic acids is 1. The summed E-state index contributed by atoms with van der Waals surface area (Å²) in [6.45, 7) is 0. The minimum atomic E-state index is -0.609. The smallest absolute Gasteiger partial charge is 0.253 e. The molecule has 0 saturated heterocycles. The van der Waals surface area contributed by atoms with Crippen LogP contribution in [0.5, 0.6) is 0 Å². The largest absolute Gasteiger partial charge is 0.388 e. The second-order valence-electron chi connectivity index (χ2n) is 6.52. The predicted octanol–water partition coefficient (Wildman–Crippen LogP) is 2.18. The Kier molecular flexibility index (Phi) is 4.50. The van der Waals surface area contributed by atoms with Crippen LogP contribution in [0.4, 0.5) is 0 Å². The van der Waals surface area contributed by atoms with Crippen LogP contribution in [0.1, 0.15) is 47.2 Å². The van der Waals surface area contributed by atoms with Crippen LogP contribution in [-0.2, 0) is 17.6 Å². The third kappa shape index (κ3) is 2.77. The maximum absolute atomic E-state index is 12.8. The summed E-state index contributed by atoms with van der Waals surface area (Å²) in [7, 11) is 3.42. The predicted molar refractivity (Wildman–Crippen MR) is 85.0 cm³/mol. The molecule has 3 rings (SSSR count). The molecule has 1 amide bonds. The minimum Gasteiger partial charge on any atom is -0.388 e. The van der Waals surface area contributed by atoms with Gasteiger partial charge in [-0.1, -0.05) is 6.07 Å². The van der Waals surface area contributed by atoms with Crippen molar-refractivity contribution in [3.05, 3.63) is 34.9 Å². The van der Waals surface area contributed by atoms with Crippen LogP contribution in [-0.4, -0.2) is 48.3 Å². The molecule has 4 heteroatoms. The number of methoxy groups -OCH3 is 1. The van der Waals surface area contributed by atoms with Gasteiger partial charge in [0.1, 0.15) is 6.10 Å². The summed E-state index contributed by atoms with van der Waals surface area (Å²) in [6, 6.07) is 5.87. The number of rotatable bonds is 3. The third-order valence-electron chi connectivity index (χ3n) is 5.23. The maximum atomic E-state index is 12.8. The molecule has 2 aliphatic carbocycles. The summed E-state index contributed by atoms with van der Waals surface area (Å²) in [4.78, 5) is 14.5. The van der Waals surface area contributed by atoms with E-state index in [4.69, 9.17) is 4.74 Å². The molecule has 4 nitrogen and oxygen atoms in total. The highest BCUT2D eigenvalue weighted by Gasteiger charge is 2.36. The quantitative estimate of drug-likeness (QED) is 0.931. The summed E-state index contributed by atoms with van der Waals surface area (Å²) < 4.78 is 5.34. The lowest BCUT2D eigenvalue weighted by molar-refractivity contribution is -0.0714. The summed E-state index contributed by atoms with van der Waals surface area (Å²) in [5.74, 6) is -0.00416. The zero-order valence-electron chi connectivity index (χ0n) is 13.4. The van der Waals surface area contributed by atoms with E-state index in [1.807, 2.05) is 12.1 Å². The molecule has 0 bridgehead atoms. The van der Waals surface area contributed by atoms with E-state index in [1.165, 1.54) is 17.5 Å². The zero-order valence-corrected chi connectivity index (χ0v) is 13.4. The van der Waals surface area contributed by atoms with Crippen LogP contribution in [0.15, 0.2) is 18.2 Å². The highest BCUT2D eigenvalue weighted by Crippen LogP contribution is 2.27. The van der Waals surface area contributed by atoms with Gasteiger partial charge in [0.05, 0.1) is 12.1 Å². The Morgan fingerprint density at radius 1 is 1.23 bits per heavy atom. The van der Waals surface area contributed by atoms with Gasteiger partial charge in [0.25, 0.3) is 5.91 Å². The van der Waals surface area contributed by atoms with Gasteiger partial charge in [-0.2, -0.15) is 0 Å². The Bertz CT molecular complexity index is 557. The molecule has 0 aliphatic heterocycles. The summed E-state index contributed by atoms with van der Waals surface area (Å²) in [5.41, 5.74) is 3.41. The Hall–Kier alpha value is -1.39. The fraction of sp³-hybridized carbons (Fsp3) is 0.611. The molecule has 1 aromatic carbocycles. The lowest BCUT2D eigenvalue weighted by atomic mass is 9.88. The number of ether oxygens (including phenoxy) is 1. The van der Waals surface area contributed by atoms with Crippen molar-refractivity contribution in [2.24, 2.45) is 0 Å². The van der Waals surface area contributed by atoms with Crippen LogP contribution < -0.4 is 0 Å². The van der Waals surface area contributed by atoms with Gasteiger partial charge in [-0.3, -0.25) is 4.79 Å². The Morgan fingerprint density at radius 3 is 2.77 bits per heavy atom. The average molecular weight is 303 g/mol. The molecule has 0 radical (unpaired) electrons. The van der Waals surface area contributed by atoms with Crippen LogP contribution in [0.3, 0.4) is 0 Å². The minimum absolute atomic E-state index is 0.00416. The van der Waals surface area contributed by atoms with E-state index < -0.39 is 6.10 Å². The van der Waals surface area contributed by atoms with E-state index >= 15 is 0 Å². The topological polar surface area (TPSA) is 49.8 Å². The highest BCUT2D eigenvalue weighted by atomic mass is 16.5. The number of fused-ring (bicyclic) bond motifs is 1. The van der Waals surface area contributed by atoms with E-state index in [9.17, 15) is 9.90 Å². The number of nitrogens with zero attached hydrogens (tertiary/aromatic N) is 1. The van der Waals surface area contributed by atoms with E-state index in [1.54, 1.807) is 19.1 Å². The Morgan fingerprint density at radius 2 is 2.00 bits per heavy atom. The molecule has 0 aromatic heterocycles. The van der Waals surface area contributed by atoms with Gasteiger partial charge in [0, 0.05) is 19.7 Å². The highest BCUT2D eigenvalue weighted by molar-refractivity contribution is 5.94. The number of aryl methyl sites for hydroxylation is 2. The van der Waals surface area contributed by atoms with Gasteiger partial charge in [-0.15, -0.1) is 0 Å². The number of aliphatic hydroxyl groups is 1. The monoisotopic (exact) mass is 303 g/mol.